The van der Waals surface area contributed by atoms with Crippen molar-refractivity contribution in [3.63, 3.8) is 0 Å². The SMILES string of the molecule is COc1ccc(-c2nc(NC(=O)COc3ccccc3OC)n[nH]2)cc1OC. The molecule has 0 fully saturated rings. The molecule has 2 N–H and O–H groups in total. The Labute approximate surface area is 161 Å². The van der Waals surface area contributed by atoms with Crippen LogP contribution in [0.1, 0.15) is 0 Å². The van der Waals surface area contributed by atoms with Gasteiger partial charge in [0.15, 0.2) is 35.4 Å². The van der Waals surface area contributed by atoms with Gasteiger partial charge >= 0.3 is 0 Å². The van der Waals surface area contributed by atoms with Gasteiger partial charge < -0.3 is 18.9 Å². The van der Waals surface area contributed by atoms with Gasteiger partial charge in [0.25, 0.3) is 5.91 Å². The smallest absolute Gasteiger partial charge is 0.264 e. The molecule has 0 unspecified atom stereocenters. The second-order valence-corrected chi connectivity index (χ2v) is 5.57. The first-order valence-corrected chi connectivity index (χ1v) is 8.35. The van der Waals surface area contributed by atoms with E-state index in [0.717, 1.165) is 5.56 Å². The van der Waals surface area contributed by atoms with Crippen molar-refractivity contribution in [3.05, 3.63) is 42.5 Å². The lowest BCUT2D eigenvalue weighted by Gasteiger charge is -2.09. The Morgan fingerprint density at radius 3 is 2.36 bits per heavy atom. The number of anilines is 1. The van der Waals surface area contributed by atoms with Crippen LogP contribution in [0.5, 0.6) is 23.0 Å². The number of rotatable bonds is 8. The molecule has 1 heterocycles. The van der Waals surface area contributed by atoms with Crippen LogP contribution >= 0.6 is 0 Å². The maximum atomic E-state index is 12.1. The lowest BCUT2D eigenvalue weighted by molar-refractivity contribution is -0.118. The molecule has 0 radical (unpaired) electrons. The van der Waals surface area contributed by atoms with Crippen molar-refractivity contribution < 1.29 is 23.7 Å². The summed E-state index contributed by atoms with van der Waals surface area (Å²) in [4.78, 5) is 16.4. The molecule has 2 aromatic carbocycles. The normalized spacial score (nSPS) is 10.2. The fraction of sp³-hybridized carbons (Fsp3) is 0.211. The van der Waals surface area contributed by atoms with Gasteiger partial charge in [-0.1, -0.05) is 12.1 Å². The van der Waals surface area contributed by atoms with Gasteiger partial charge in [0.2, 0.25) is 5.95 Å². The van der Waals surface area contributed by atoms with Gasteiger partial charge in [0.1, 0.15) is 0 Å². The lowest BCUT2D eigenvalue weighted by atomic mass is 10.2. The molecular weight excluding hydrogens is 364 g/mol. The van der Waals surface area contributed by atoms with Crippen molar-refractivity contribution in [2.24, 2.45) is 0 Å². The van der Waals surface area contributed by atoms with Crippen molar-refractivity contribution in [2.45, 2.75) is 0 Å². The summed E-state index contributed by atoms with van der Waals surface area (Å²) in [5, 5.41) is 9.35. The highest BCUT2D eigenvalue weighted by Crippen LogP contribution is 2.31. The first-order chi connectivity index (χ1) is 13.6. The van der Waals surface area contributed by atoms with Gasteiger partial charge in [-0.15, -0.1) is 5.10 Å². The number of ether oxygens (including phenoxy) is 4. The molecule has 1 aromatic heterocycles. The maximum Gasteiger partial charge on any atom is 0.264 e. The fourth-order valence-electron chi connectivity index (χ4n) is 2.47. The Bertz CT molecular complexity index is 957. The second-order valence-electron chi connectivity index (χ2n) is 5.57. The summed E-state index contributed by atoms with van der Waals surface area (Å²) in [6.45, 7) is -0.208. The zero-order chi connectivity index (χ0) is 19.9. The van der Waals surface area contributed by atoms with Gasteiger partial charge in [-0.05, 0) is 30.3 Å². The van der Waals surface area contributed by atoms with Gasteiger partial charge in [0.05, 0.1) is 21.3 Å². The topological polar surface area (TPSA) is 108 Å². The molecule has 9 heteroatoms. The van der Waals surface area contributed by atoms with Crippen LogP contribution in [0.2, 0.25) is 0 Å². The molecule has 0 saturated carbocycles. The molecule has 9 nitrogen and oxygen atoms in total. The zero-order valence-electron chi connectivity index (χ0n) is 15.7. The van der Waals surface area contributed by atoms with E-state index >= 15 is 0 Å². The summed E-state index contributed by atoms with van der Waals surface area (Å²) in [7, 11) is 4.65. The van der Waals surface area contributed by atoms with Crippen molar-refractivity contribution in [2.75, 3.05) is 33.3 Å². The standard InChI is InChI=1S/C19H20N4O5/c1-25-13-6-4-5-7-15(13)28-11-17(24)20-19-21-18(22-23-19)12-8-9-14(26-2)16(10-12)27-3/h4-10H,11H2,1-3H3,(H2,20,21,22,23,24). The van der Waals surface area contributed by atoms with Crippen molar-refractivity contribution in [1.82, 2.24) is 15.2 Å². The molecule has 1 amide bonds. The number of methoxy groups -OCH3 is 3. The Morgan fingerprint density at radius 1 is 0.964 bits per heavy atom. The summed E-state index contributed by atoms with van der Waals surface area (Å²) < 4.78 is 21.1. The third-order valence-corrected chi connectivity index (χ3v) is 3.82. The van der Waals surface area contributed by atoms with Crippen LogP contribution in [-0.2, 0) is 4.79 Å². The second kappa shape index (κ2) is 8.76. The largest absolute Gasteiger partial charge is 0.493 e. The third kappa shape index (κ3) is 4.32. The Balaban J connectivity index is 1.63. The van der Waals surface area contributed by atoms with Crippen LogP contribution in [0.3, 0.4) is 0 Å². The number of carbonyl (C=O) groups is 1. The molecule has 0 bridgehead atoms. The van der Waals surface area contributed by atoms with Crippen LogP contribution < -0.4 is 24.3 Å². The molecule has 0 aliphatic rings. The summed E-state index contributed by atoms with van der Waals surface area (Å²) in [6, 6.07) is 12.4. The number of hydrogen-bond acceptors (Lipinski definition) is 7. The Kier molecular flexibility index (Phi) is 5.95. The van der Waals surface area contributed by atoms with Crippen molar-refractivity contribution >= 4 is 11.9 Å². The quantitative estimate of drug-likeness (QED) is 0.614. The number of benzene rings is 2. The highest BCUT2D eigenvalue weighted by Gasteiger charge is 2.13. The Morgan fingerprint density at radius 2 is 1.64 bits per heavy atom. The van der Waals surface area contributed by atoms with Crippen LogP contribution in [0, 0.1) is 0 Å². The minimum Gasteiger partial charge on any atom is -0.493 e. The third-order valence-electron chi connectivity index (χ3n) is 3.82. The number of H-pyrrole nitrogens is 1. The first kappa shape index (κ1) is 19.0. The summed E-state index contributed by atoms with van der Waals surface area (Å²) in [5.74, 6) is 2.40. The minimum atomic E-state index is -0.399. The molecule has 0 spiro atoms. The van der Waals surface area contributed by atoms with Crippen molar-refractivity contribution in [3.8, 4) is 34.4 Å². The van der Waals surface area contributed by atoms with Crippen LogP contribution in [0.4, 0.5) is 5.95 Å². The number of para-hydroxylation sites is 2. The Hall–Kier alpha value is -3.75. The molecule has 3 rings (SSSR count). The highest BCUT2D eigenvalue weighted by molar-refractivity contribution is 5.90. The predicted molar refractivity (Wildman–Crippen MR) is 102 cm³/mol. The highest BCUT2D eigenvalue weighted by atomic mass is 16.5. The monoisotopic (exact) mass is 384 g/mol. The average molecular weight is 384 g/mol. The van der Waals surface area contributed by atoms with E-state index in [1.165, 1.54) is 7.11 Å². The van der Waals surface area contributed by atoms with Gasteiger partial charge in [-0.25, -0.2) is 0 Å². The van der Waals surface area contributed by atoms with E-state index in [2.05, 4.69) is 20.5 Å². The van der Waals surface area contributed by atoms with E-state index in [1.54, 1.807) is 50.6 Å². The van der Waals surface area contributed by atoms with Gasteiger partial charge in [0, 0.05) is 5.56 Å². The summed E-state index contributed by atoms with van der Waals surface area (Å²) in [5.41, 5.74) is 0.732. The number of amides is 1. The average Bonchev–Trinajstić information content (AvgIpc) is 3.20. The molecule has 3 aromatic rings. The first-order valence-electron chi connectivity index (χ1n) is 8.35. The zero-order valence-corrected chi connectivity index (χ0v) is 15.7. The molecule has 0 aliphatic heterocycles. The summed E-state index contributed by atoms with van der Waals surface area (Å²) >= 11 is 0. The van der Waals surface area contributed by atoms with E-state index < -0.39 is 5.91 Å². The number of hydrogen-bond donors (Lipinski definition) is 2. The van der Waals surface area contributed by atoms with Crippen LogP contribution in [-0.4, -0.2) is 49.0 Å². The van der Waals surface area contributed by atoms with E-state index in [1.807, 2.05) is 6.07 Å². The number of carbonyl (C=O) groups excluding carboxylic acids is 1. The summed E-state index contributed by atoms with van der Waals surface area (Å²) in [6.07, 6.45) is 0. The molecule has 146 valence electrons. The fourth-order valence-corrected chi connectivity index (χ4v) is 2.47. The lowest BCUT2D eigenvalue weighted by Crippen LogP contribution is -2.21. The number of nitrogens with one attached hydrogen (secondary N) is 2. The number of aromatic nitrogens is 3. The van der Waals surface area contributed by atoms with Crippen LogP contribution in [0.25, 0.3) is 11.4 Å². The molecular formula is C19H20N4O5. The molecule has 0 saturated heterocycles. The van der Waals surface area contributed by atoms with E-state index in [4.69, 9.17) is 18.9 Å². The maximum absolute atomic E-state index is 12.1. The number of nitrogens with zero attached hydrogens (tertiary/aromatic N) is 2. The minimum absolute atomic E-state index is 0.137. The van der Waals surface area contributed by atoms with Crippen molar-refractivity contribution in [1.29, 1.82) is 0 Å². The van der Waals surface area contributed by atoms with Gasteiger partial charge in [-0.2, -0.15) is 4.98 Å². The van der Waals surface area contributed by atoms with Crippen LogP contribution in [0.15, 0.2) is 42.5 Å². The van der Waals surface area contributed by atoms with E-state index in [9.17, 15) is 4.79 Å². The molecule has 28 heavy (non-hydrogen) atoms. The molecule has 0 atom stereocenters. The number of aromatic amines is 1. The molecule has 0 aliphatic carbocycles. The van der Waals surface area contributed by atoms with E-state index in [0.29, 0.717) is 28.8 Å². The van der Waals surface area contributed by atoms with E-state index in [-0.39, 0.29) is 12.6 Å². The van der Waals surface area contributed by atoms with Gasteiger partial charge in [-0.3, -0.25) is 15.2 Å². The predicted octanol–water partition coefficient (Wildman–Crippen LogP) is 2.52.